The Kier molecular flexibility index (Phi) is 5.69. The molecule has 2 amide bonds. The van der Waals surface area contributed by atoms with E-state index in [4.69, 9.17) is 4.74 Å². The van der Waals surface area contributed by atoms with E-state index in [2.05, 4.69) is 10.6 Å². The summed E-state index contributed by atoms with van der Waals surface area (Å²) in [5.41, 5.74) is 0. The van der Waals surface area contributed by atoms with Gasteiger partial charge in [0.1, 0.15) is 5.75 Å². The van der Waals surface area contributed by atoms with Crippen molar-refractivity contribution in [3.05, 3.63) is 30.3 Å². The molecule has 6 heteroatoms. The van der Waals surface area contributed by atoms with Gasteiger partial charge in [-0.1, -0.05) is 18.2 Å². The molecule has 2 aliphatic heterocycles. The summed E-state index contributed by atoms with van der Waals surface area (Å²) < 4.78 is 5.52. The number of carbonyl (C=O) groups is 2. The second kappa shape index (κ2) is 8.15. The van der Waals surface area contributed by atoms with Crippen LogP contribution in [0.1, 0.15) is 12.8 Å². The lowest BCUT2D eigenvalue weighted by atomic mass is 9.96. The molecule has 1 aromatic rings. The summed E-state index contributed by atoms with van der Waals surface area (Å²) in [6.45, 7) is 3.90. The van der Waals surface area contributed by atoms with E-state index in [1.165, 1.54) is 0 Å². The molecule has 2 saturated heterocycles. The maximum absolute atomic E-state index is 12.3. The van der Waals surface area contributed by atoms with Crippen molar-refractivity contribution in [2.24, 2.45) is 11.8 Å². The van der Waals surface area contributed by atoms with Crippen molar-refractivity contribution < 1.29 is 14.3 Å². The van der Waals surface area contributed by atoms with Crippen molar-refractivity contribution in [1.29, 1.82) is 0 Å². The summed E-state index contributed by atoms with van der Waals surface area (Å²) >= 11 is 0. The van der Waals surface area contributed by atoms with E-state index < -0.39 is 0 Å². The molecule has 1 aromatic carbocycles. The van der Waals surface area contributed by atoms with Crippen molar-refractivity contribution in [1.82, 2.24) is 15.5 Å². The molecular formula is C18H25N3O3. The molecule has 0 aromatic heterocycles. The Balaban J connectivity index is 1.43. The Morgan fingerprint density at radius 2 is 2.04 bits per heavy atom. The van der Waals surface area contributed by atoms with Gasteiger partial charge in [-0.05, 0) is 25.0 Å². The smallest absolute Gasteiger partial charge is 0.260 e. The van der Waals surface area contributed by atoms with Gasteiger partial charge in [0.2, 0.25) is 5.91 Å². The third-order valence-corrected chi connectivity index (χ3v) is 4.68. The average molecular weight is 331 g/mol. The number of likely N-dealkylation sites (tertiary alicyclic amines) is 1. The molecule has 3 rings (SSSR count). The standard InChI is InChI=1S/C18H25N3O3/c22-17(13-24-16-6-2-1-3-7-16)21-8-4-5-15(12-21)18(23)20-11-14-9-19-10-14/h1-3,6-7,14-15,19H,4-5,8-13H2,(H,20,23). The Morgan fingerprint density at radius 1 is 1.25 bits per heavy atom. The number of piperidine rings is 1. The maximum Gasteiger partial charge on any atom is 0.260 e. The van der Waals surface area contributed by atoms with Crippen LogP contribution in [0.4, 0.5) is 0 Å². The van der Waals surface area contributed by atoms with Crippen molar-refractivity contribution >= 4 is 11.8 Å². The van der Waals surface area contributed by atoms with Gasteiger partial charge in [0, 0.05) is 38.6 Å². The highest BCUT2D eigenvalue weighted by atomic mass is 16.5. The molecular weight excluding hydrogens is 306 g/mol. The Morgan fingerprint density at radius 3 is 2.75 bits per heavy atom. The summed E-state index contributed by atoms with van der Waals surface area (Å²) in [5, 5.41) is 6.22. The number of benzene rings is 1. The molecule has 2 fully saturated rings. The van der Waals surface area contributed by atoms with Gasteiger partial charge in [-0.15, -0.1) is 0 Å². The number of nitrogens with one attached hydrogen (secondary N) is 2. The topological polar surface area (TPSA) is 70.7 Å². The highest BCUT2D eigenvalue weighted by molar-refractivity contribution is 5.82. The zero-order valence-corrected chi connectivity index (χ0v) is 13.9. The minimum Gasteiger partial charge on any atom is -0.484 e. The van der Waals surface area contributed by atoms with Gasteiger partial charge in [-0.2, -0.15) is 0 Å². The van der Waals surface area contributed by atoms with Crippen LogP contribution in [0.25, 0.3) is 0 Å². The zero-order chi connectivity index (χ0) is 16.8. The molecule has 0 saturated carbocycles. The monoisotopic (exact) mass is 331 g/mol. The maximum atomic E-state index is 12.3. The third kappa shape index (κ3) is 4.47. The molecule has 0 bridgehead atoms. The minimum atomic E-state index is -0.104. The quantitative estimate of drug-likeness (QED) is 0.803. The second-order valence-corrected chi connectivity index (χ2v) is 6.55. The van der Waals surface area contributed by atoms with E-state index in [1.54, 1.807) is 4.90 Å². The van der Waals surface area contributed by atoms with E-state index in [-0.39, 0.29) is 24.3 Å². The SMILES string of the molecule is O=C(NCC1CNC1)C1CCCN(C(=O)COc2ccccc2)C1. The molecule has 0 radical (unpaired) electrons. The lowest BCUT2D eigenvalue weighted by Gasteiger charge is -2.33. The molecule has 6 nitrogen and oxygen atoms in total. The van der Waals surface area contributed by atoms with Gasteiger partial charge >= 0.3 is 0 Å². The third-order valence-electron chi connectivity index (χ3n) is 4.68. The largest absolute Gasteiger partial charge is 0.484 e. The van der Waals surface area contributed by atoms with E-state index in [0.29, 0.717) is 24.8 Å². The lowest BCUT2D eigenvalue weighted by Crippen LogP contribution is -2.51. The van der Waals surface area contributed by atoms with Crippen LogP contribution in [-0.4, -0.2) is 56.0 Å². The van der Waals surface area contributed by atoms with Crippen LogP contribution in [-0.2, 0) is 9.59 Å². The number of hydrogen-bond donors (Lipinski definition) is 2. The Bertz CT molecular complexity index is 560. The van der Waals surface area contributed by atoms with Crippen LogP contribution in [0.3, 0.4) is 0 Å². The number of ether oxygens (including phenoxy) is 1. The fourth-order valence-corrected chi connectivity index (χ4v) is 3.05. The minimum absolute atomic E-state index is 0.0199. The van der Waals surface area contributed by atoms with E-state index >= 15 is 0 Å². The zero-order valence-electron chi connectivity index (χ0n) is 13.9. The fraction of sp³-hybridized carbons (Fsp3) is 0.556. The summed E-state index contributed by atoms with van der Waals surface area (Å²) in [4.78, 5) is 26.4. The fourth-order valence-electron chi connectivity index (χ4n) is 3.05. The lowest BCUT2D eigenvalue weighted by molar-refractivity contribution is -0.137. The summed E-state index contributed by atoms with van der Waals surface area (Å²) in [7, 11) is 0. The van der Waals surface area contributed by atoms with Crippen LogP contribution < -0.4 is 15.4 Å². The molecule has 2 heterocycles. The molecule has 1 unspecified atom stereocenters. The first kappa shape index (κ1) is 16.8. The number of amides is 2. The van der Waals surface area contributed by atoms with Gasteiger partial charge in [0.05, 0.1) is 5.92 Å². The predicted molar refractivity (Wildman–Crippen MR) is 90.6 cm³/mol. The average Bonchev–Trinajstić information content (AvgIpc) is 2.59. The molecule has 24 heavy (non-hydrogen) atoms. The summed E-state index contributed by atoms with van der Waals surface area (Å²) in [6.07, 6.45) is 1.71. The first-order valence-electron chi connectivity index (χ1n) is 8.66. The molecule has 0 spiro atoms. The number of para-hydroxylation sites is 1. The van der Waals surface area contributed by atoms with Gasteiger partial charge in [-0.3, -0.25) is 9.59 Å². The van der Waals surface area contributed by atoms with Crippen molar-refractivity contribution in [2.45, 2.75) is 12.8 Å². The van der Waals surface area contributed by atoms with Gasteiger partial charge < -0.3 is 20.3 Å². The van der Waals surface area contributed by atoms with E-state index in [1.807, 2.05) is 30.3 Å². The highest BCUT2D eigenvalue weighted by Crippen LogP contribution is 2.17. The van der Waals surface area contributed by atoms with Crippen molar-refractivity contribution in [2.75, 3.05) is 39.3 Å². The number of carbonyl (C=O) groups excluding carboxylic acids is 2. The van der Waals surface area contributed by atoms with Gasteiger partial charge in [0.15, 0.2) is 6.61 Å². The number of hydrogen-bond acceptors (Lipinski definition) is 4. The van der Waals surface area contributed by atoms with E-state index in [9.17, 15) is 9.59 Å². The van der Waals surface area contributed by atoms with Crippen LogP contribution in [0.5, 0.6) is 5.75 Å². The van der Waals surface area contributed by atoms with Crippen LogP contribution in [0, 0.1) is 11.8 Å². The van der Waals surface area contributed by atoms with Crippen LogP contribution >= 0.6 is 0 Å². The normalized spacial score (nSPS) is 21.0. The number of nitrogens with zero attached hydrogens (tertiary/aromatic N) is 1. The van der Waals surface area contributed by atoms with Gasteiger partial charge in [-0.25, -0.2) is 0 Å². The van der Waals surface area contributed by atoms with Crippen LogP contribution in [0.15, 0.2) is 30.3 Å². The predicted octanol–water partition coefficient (Wildman–Crippen LogP) is 0.640. The second-order valence-electron chi connectivity index (χ2n) is 6.55. The summed E-state index contributed by atoms with van der Waals surface area (Å²) in [6, 6.07) is 9.31. The summed E-state index contributed by atoms with van der Waals surface area (Å²) in [5.74, 6) is 1.15. The van der Waals surface area contributed by atoms with Crippen molar-refractivity contribution in [3.63, 3.8) is 0 Å². The Labute approximate surface area is 142 Å². The van der Waals surface area contributed by atoms with E-state index in [0.717, 1.165) is 32.5 Å². The van der Waals surface area contributed by atoms with Crippen molar-refractivity contribution in [3.8, 4) is 5.75 Å². The van der Waals surface area contributed by atoms with Gasteiger partial charge in [0.25, 0.3) is 5.91 Å². The molecule has 2 aliphatic rings. The molecule has 130 valence electrons. The molecule has 1 atom stereocenters. The van der Waals surface area contributed by atoms with Crippen LogP contribution in [0.2, 0.25) is 0 Å². The molecule has 2 N–H and O–H groups in total. The first-order chi connectivity index (χ1) is 11.7. The number of rotatable bonds is 6. The molecule has 0 aliphatic carbocycles. The first-order valence-corrected chi connectivity index (χ1v) is 8.66. The highest BCUT2D eigenvalue weighted by Gasteiger charge is 2.29. The Hall–Kier alpha value is -2.08.